The minimum Gasteiger partial charge on any atom is -0.493 e. The van der Waals surface area contributed by atoms with E-state index in [4.69, 9.17) is 9.84 Å². The fourth-order valence-electron chi connectivity index (χ4n) is 2.18. The van der Waals surface area contributed by atoms with Gasteiger partial charge in [-0.05, 0) is 37.3 Å². The van der Waals surface area contributed by atoms with E-state index in [-0.39, 0.29) is 5.92 Å². The number of ether oxygens (including phenoxy) is 1. The molecule has 0 aliphatic rings. The summed E-state index contributed by atoms with van der Waals surface area (Å²) in [5.41, 5.74) is 2.16. The number of amides is 2. The van der Waals surface area contributed by atoms with Gasteiger partial charge in [-0.25, -0.2) is 9.59 Å². The van der Waals surface area contributed by atoms with Crippen LogP contribution in [0.1, 0.15) is 31.4 Å². The van der Waals surface area contributed by atoms with Crippen LogP contribution in [0.15, 0.2) is 18.2 Å². The highest BCUT2D eigenvalue weighted by Crippen LogP contribution is 2.22. The maximum Gasteiger partial charge on any atom is 0.326 e. The van der Waals surface area contributed by atoms with Crippen molar-refractivity contribution in [2.24, 2.45) is 5.92 Å². The van der Waals surface area contributed by atoms with Crippen molar-refractivity contribution in [2.45, 2.75) is 40.2 Å². The number of hydrogen-bond acceptors (Lipinski definition) is 3. The second kappa shape index (κ2) is 9.02. The largest absolute Gasteiger partial charge is 0.493 e. The Balaban J connectivity index is 2.29. The molecule has 1 unspecified atom stereocenters. The average molecular weight is 322 g/mol. The van der Waals surface area contributed by atoms with Gasteiger partial charge in [-0.3, -0.25) is 0 Å². The van der Waals surface area contributed by atoms with Gasteiger partial charge < -0.3 is 20.5 Å². The molecule has 0 bridgehead atoms. The quantitative estimate of drug-likeness (QED) is 0.642. The van der Waals surface area contributed by atoms with E-state index in [1.54, 1.807) is 13.8 Å². The molecule has 1 aromatic rings. The van der Waals surface area contributed by atoms with Crippen molar-refractivity contribution >= 4 is 12.0 Å². The minimum atomic E-state index is -1.03. The molecule has 6 heteroatoms. The van der Waals surface area contributed by atoms with Crippen LogP contribution in [0.2, 0.25) is 0 Å². The Labute approximate surface area is 137 Å². The smallest absolute Gasteiger partial charge is 0.326 e. The number of aliphatic carboxylic acids is 1. The van der Waals surface area contributed by atoms with Gasteiger partial charge in [-0.2, -0.15) is 0 Å². The standard InChI is InChI=1S/C17H26N2O4/c1-11(2)14(16(20)21)19-17(22)18-9-6-10-23-15-12(3)7-5-8-13(15)4/h5,7-8,11,14H,6,9-10H2,1-4H3,(H,20,21)(H2,18,19,22). The molecule has 1 rings (SSSR count). The molecule has 0 spiro atoms. The summed E-state index contributed by atoms with van der Waals surface area (Å²) < 4.78 is 5.74. The number of nitrogens with one attached hydrogen (secondary N) is 2. The van der Waals surface area contributed by atoms with E-state index in [1.165, 1.54) is 0 Å². The third-order valence-electron chi connectivity index (χ3n) is 3.48. The van der Waals surface area contributed by atoms with Crippen LogP contribution in [-0.4, -0.2) is 36.3 Å². The Kier molecular flexibility index (Phi) is 7.38. The van der Waals surface area contributed by atoms with Crippen LogP contribution >= 0.6 is 0 Å². The van der Waals surface area contributed by atoms with Crippen LogP contribution in [0.25, 0.3) is 0 Å². The molecule has 1 aromatic carbocycles. The molecule has 0 aliphatic heterocycles. The second-order valence-electron chi connectivity index (χ2n) is 5.88. The van der Waals surface area contributed by atoms with E-state index in [1.807, 2.05) is 32.0 Å². The maximum atomic E-state index is 11.7. The number of carbonyl (C=O) groups excluding carboxylic acids is 1. The van der Waals surface area contributed by atoms with E-state index in [9.17, 15) is 9.59 Å². The summed E-state index contributed by atoms with van der Waals surface area (Å²) in [5, 5.41) is 14.1. The molecular weight excluding hydrogens is 296 g/mol. The van der Waals surface area contributed by atoms with Crippen molar-refractivity contribution in [3.8, 4) is 5.75 Å². The van der Waals surface area contributed by atoms with Gasteiger partial charge in [-0.15, -0.1) is 0 Å². The number of rotatable bonds is 8. The summed E-state index contributed by atoms with van der Waals surface area (Å²) in [7, 11) is 0. The zero-order valence-corrected chi connectivity index (χ0v) is 14.2. The van der Waals surface area contributed by atoms with Crippen molar-refractivity contribution < 1.29 is 19.4 Å². The van der Waals surface area contributed by atoms with Crippen molar-refractivity contribution in [3.63, 3.8) is 0 Å². The summed E-state index contributed by atoms with van der Waals surface area (Å²) in [6.45, 7) is 8.38. The first-order chi connectivity index (χ1) is 10.8. The summed E-state index contributed by atoms with van der Waals surface area (Å²) in [6.07, 6.45) is 0.639. The van der Waals surface area contributed by atoms with Crippen LogP contribution in [0.5, 0.6) is 5.75 Å². The van der Waals surface area contributed by atoms with Gasteiger partial charge in [0.25, 0.3) is 0 Å². The first-order valence-corrected chi connectivity index (χ1v) is 7.79. The van der Waals surface area contributed by atoms with Gasteiger partial charge in [-0.1, -0.05) is 32.0 Å². The zero-order chi connectivity index (χ0) is 17.4. The molecule has 2 amide bonds. The average Bonchev–Trinajstić information content (AvgIpc) is 2.46. The molecule has 0 fully saturated rings. The van der Waals surface area contributed by atoms with Crippen molar-refractivity contribution in [3.05, 3.63) is 29.3 Å². The number of aryl methyl sites for hydroxylation is 2. The summed E-state index contributed by atoms with van der Waals surface area (Å²) >= 11 is 0. The maximum absolute atomic E-state index is 11.7. The molecule has 128 valence electrons. The van der Waals surface area contributed by atoms with Crippen LogP contribution in [-0.2, 0) is 4.79 Å². The fourth-order valence-corrected chi connectivity index (χ4v) is 2.18. The lowest BCUT2D eigenvalue weighted by molar-refractivity contribution is -0.140. The topological polar surface area (TPSA) is 87.7 Å². The third kappa shape index (κ3) is 6.18. The lowest BCUT2D eigenvalue weighted by Gasteiger charge is -2.18. The highest BCUT2D eigenvalue weighted by Gasteiger charge is 2.22. The first-order valence-electron chi connectivity index (χ1n) is 7.79. The molecule has 0 radical (unpaired) electrons. The minimum absolute atomic E-state index is 0.175. The summed E-state index contributed by atoms with van der Waals surface area (Å²) in [5.74, 6) is -0.332. The Morgan fingerprint density at radius 2 is 1.83 bits per heavy atom. The highest BCUT2D eigenvalue weighted by molar-refractivity contribution is 5.82. The number of carboxylic acids is 1. The lowest BCUT2D eigenvalue weighted by Crippen LogP contribution is -2.48. The molecule has 0 aliphatic carbocycles. The number of hydrogen-bond donors (Lipinski definition) is 3. The normalized spacial score (nSPS) is 11.9. The fraction of sp³-hybridized carbons (Fsp3) is 0.529. The summed E-state index contributed by atoms with van der Waals surface area (Å²) in [6, 6.07) is 4.61. The van der Waals surface area contributed by atoms with Crippen LogP contribution in [0.4, 0.5) is 4.79 Å². The molecule has 6 nitrogen and oxygen atoms in total. The number of para-hydroxylation sites is 1. The number of benzene rings is 1. The predicted octanol–water partition coefficient (Wildman–Crippen LogP) is 2.48. The zero-order valence-electron chi connectivity index (χ0n) is 14.2. The van der Waals surface area contributed by atoms with Crippen molar-refractivity contribution in [2.75, 3.05) is 13.2 Å². The van der Waals surface area contributed by atoms with Crippen LogP contribution < -0.4 is 15.4 Å². The van der Waals surface area contributed by atoms with Crippen LogP contribution in [0.3, 0.4) is 0 Å². The Bertz CT molecular complexity index is 523. The van der Waals surface area contributed by atoms with E-state index >= 15 is 0 Å². The third-order valence-corrected chi connectivity index (χ3v) is 3.48. The van der Waals surface area contributed by atoms with Gasteiger partial charge in [0.15, 0.2) is 0 Å². The predicted molar refractivity (Wildman–Crippen MR) is 88.8 cm³/mol. The molecule has 0 saturated heterocycles. The van der Waals surface area contributed by atoms with Gasteiger partial charge in [0, 0.05) is 6.54 Å². The van der Waals surface area contributed by atoms with Gasteiger partial charge >= 0.3 is 12.0 Å². The van der Waals surface area contributed by atoms with E-state index in [2.05, 4.69) is 10.6 Å². The second-order valence-corrected chi connectivity index (χ2v) is 5.88. The summed E-state index contributed by atoms with van der Waals surface area (Å²) in [4.78, 5) is 22.7. The molecule has 3 N–H and O–H groups in total. The Morgan fingerprint density at radius 3 is 2.35 bits per heavy atom. The van der Waals surface area contributed by atoms with E-state index < -0.39 is 18.0 Å². The number of carboxylic acid groups (broad SMARTS) is 1. The Hall–Kier alpha value is -2.24. The monoisotopic (exact) mass is 322 g/mol. The van der Waals surface area contributed by atoms with Gasteiger partial charge in [0.2, 0.25) is 0 Å². The molecule has 0 saturated carbocycles. The molecule has 1 atom stereocenters. The van der Waals surface area contributed by atoms with E-state index in [0.29, 0.717) is 19.6 Å². The molecule has 23 heavy (non-hydrogen) atoms. The number of urea groups is 1. The highest BCUT2D eigenvalue weighted by atomic mass is 16.5. The first kappa shape index (κ1) is 18.8. The van der Waals surface area contributed by atoms with Crippen LogP contribution in [0, 0.1) is 19.8 Å². The lowest BCUT2D eigenvalue weighted by atomic mass is 10.1. The number of carbonyl (C=O) groups is 2. The van der Waals surface area contributed by atoms with Crippen molar-refractivity contribution in [1.29, 1.82) is 0 Å². The van der Waals surface area contributed by atoms with E-state index in [0.717, 1.165) is 16.9 Å². The SMILES string of the molecule is Cc1cccc(C)c1OCCCNC(=O)NC(C(=O)O)C(C)C. The van der Waals surface area contributed by atoms with Gasteiger partial charge in [0.1, 0.15) is 11.8 Å². The van der Waals surface area contributed by atoms with Gasteiger partial charge in [0.05, 0.1) is 6.61 Å². The molecular formula is C17H26N2O4. The molecule has 0 aromatic heterocycles. The van der Waals surface area contributed by atoms with Crippen molar-refractivity contribution in [1.82, 2.24) is 10.6 Å². The molecule has 0 heterocycles. The Morgan fingerprint density at radius 1 is 1.22 bits per heavy atom.